The van der Waals surface area contributed by atoms with Gasteiger partial charge >= 0.3 is 0 Å². The highest BCUT2D eigenvalue weighted by molar-refractivity contribution is 5.36. The number of rotatable bonds is 7. The van der Waals surface area contributed by atoms with Crippen molar-refractivity contribution in [2.45, 2.75) is 33.6 Å². The molecule has 1 aromatic rings. The maximum Gasteiger partial charge on any atom is 0.120 e. The lowest BCUT2D eigenvalue weighted by Crippen LogP contribution is -2.18. The van der Waals surface area contributed by atoms with E-state index < -0.39 is 0 Å². The van der Waals surface area contributed by atoms with Crippen molar-refractivity contribution in [3.05, 3.63) is 41.5 Å². The van der Waals surface area contributed by atoms with Crippen LogP contribution < -0.4 is 10.1 Å². The maximum atomic E-state index is 5.74. The molecule has 2 heteroatoms. The van der Waals surface area contributed by atoms with Gasteiger partial charge in [-0.15, -0.1) is 0 Å². The van der Waals surface area contributed by atoms with Crippen molar-refractivity contribution in [2.75, 3.05) is 19.7 Å². The molecule has 0 fully saturated rings. The Kier molecular flexibility index (Phi) is 5.93. The average molecular weight is 247 g/mol. The van der Waals surface area contributed by atoms with E-state index in [4.69, 9.17) is 4.74 Å². The molecule has 1 aromatic carbocycles. The van der Waals surface area contributed by atoms with Crippen LogP contribution in [0.1, 0.15) is 37.8 Å². The van der Waals surface area contributed by atoms with Crippen molar-refractivity contribution in [1.29, 1.82) is 0 Å². The summed E-state index contributed by atoms with van der Waals surface area (Å²) >= 11 is 0. The Hall–Kier alpha value is -1.28. The highest BCUT2D eigenvalue weighted by Gasteiger charge is 2.05. The molecule has 18 heavy (non-hydrogen) atoms. The van der Waals surface area contributed by atoms with Gasteiger partial charge < -0.3 is 10.1 Å². The van der Waals surface area contributed by atoms with Crippen molar-refractivity contribution in [1.82, 2.24) is 5.32 Å². The lowest BCUT2D eigenvalue weighted by molar-refractivity contribution is 0.348. The second-order valence-corrected chi connectivity index (χ2v) is 4.99. The topological polar surface area (TPSA) is 21.3 Å². The van der Waals surface area contributed by atoms with Crippen LogP contribution in [0.2, 0.25) is 0 Å². The minimum atomic E-state index is 0.558. The minimum Gasteiger partial charge on any atom is -0.489 e. The first kappa shape index (κ1) is 14.8. The Labute approximate surface area is 111 Å². The predicted octanol–water partition coefficient (Wildman–Crippen LogP) is 3.66. The van der Waals surface area contributed by atoms with E-state index in [2.05, 4.69) is 51.7 Å². The van der Waals surface area contributed by atoms with E-state index in [0.717, 1.165) is 24.4 Å². The number of aryl methyl sites for hydroxylation is 1. The smallest absolute Gasteiger partial charge is 0.120 e. The van der Waals surface area contributed by atoms with Crippen LogP contribution in [0, 0.1) is 6.92 Å². The highest BCUT2D eigenvalue weighted by Crippen LogP contribution is 2.23. The molecule has 0 aliphatic rings. The maximum absolute atomic E-state index is 5.74. The second-order valence-electron chi connectivity index (χ2n) is 4.99. The number of benzene rings is 1. The van der Waals surface area contributed by atoms with Gasteiger partial charge in [0.25, 0.3) is 0 Å². The van der Waals surface area contributed by atoms with Crippen LogP contribution >= 0.6 is 0 Å². The van der Waals surface area contributed by atoms with Gasteiger partial charge in [0.2, 0.25) is 0 Å². The predicted molar refractivity (Wildman–Crippen MR) is 78.4 cm³/mol. The van der Waals surface area contributed by atoms with E-state index >= 15 is 0 Å². The van der Waals surface area contributed by atoms with E-state index in [-0.39, 0.29) is 0 Å². The molecule has 0 unspecified atom stereocenters. The Morgan fingerprint density at radius 2 is 2.11 bits per heavy atom. The van der Waals surface area contributed by atoms with Gasteiger partial charge in [-0.1, -0.05) is 33.4 Å². The Morgan fingerprint density at radius 1 is 1.39 bits per heavy atom. The summed E-state index contributed by atoms with van der Waals surface area (Å²) in [7, 11) is 0. The zero-order chi connectivity index (χ0) is 13.5. The van der Waals surface area contributed by atoms with Gasteiger partial charge in [-0.05, 0) is 48.2 Å². The highest BCUT2D eigenvalue weighted by atomic mass is 16.5. The standard InChI is InChI=1S/C16H25NO/c1-6-17-10-13(4)11-18-15-7-8-16(12(2)3)14(5)9-15/h7-9,12,17H,4,6,10-11H2,1-3,5H3. The molecule has 0 bridgehead atoms. The third-order valence-corrected chi connectivity index (χ3v) is 2.93. The molecule has 0 aromatic heterocycles. The van der Waals surface area contributed by atoms with Crippen LogP contribution in [0.5, 0.6) is 5.75 Å². The average Bonchev–Trinajstić information content (AvgIpc) is 2.33. The summed E-state index contributed by atoms with van der Waals surface area (Å²) in [5, 5.41) is 3.24. The van der Waals surface area contributed by atoms with E-state index in [9.17, 15) is 0 Å². The van der Waals surface area contributed by atoms with Crippen molar-refractivity contribution < 1.29 is 4.74 Å². The van der Waals surface area contributed by atoms with Crippen LogP contribution in [-0.2, 0) is 0 Å². The molecular weight excluding hydrogens is 222 g/mol. The Bertz CT molecular complexity index is 396. The lowest BCUT2D eigenvalue weighted by atomic mass is 9.98. The van der Waals surface area contributed by atoms with Gasteiger partial charge in [0.1, 0.15) is 12.4 Å². The van der Waals surface area contributed by atoms with Crippen molar-refractivity contribution in [2.24, 2.45) is 0 Å². The quantitative estimate of drug-likeness (QED) is 0.742. The van der Waals surface area contributed by atoms with Gasteiger partial charge in [-0.2, -0.15) is 0 Å². The molecule has 1 N–H and O–H groups in total. The zero-order valence-corrected chi connectivity index (χ0v) is 12.0. The number of hydrogen-bond acceptors (Lipinski definition) is 2. The molecule has 0 saturated carbocycles. The van der Waals surface area contributed by atoms with Crippen LogP contribution in [0.4, 0.5) is 0 Å². The van der Waals surface area contributed by atoms with Crippen LogP contribution in [0.3, 0.4) is 0 Å². The summed E-state index contributed by atoms with van der Waals surface area (Å²) in [6, 6.07) is 6.31. The summed E-state index contributed by atoms with van der Waals surface area (Å²) in [4.78, 5) is 0. The Morgan fingerprint density at radius 3 is 2.67 bits per heavy atom. The van der Waals surface area contributed by atoms with Gasteiger partial charge in [-0.25, -0.2) is 0 Å². The SMILES string of the molecule is C=C(CNCC)COc1ccc(C(C)C)c(C)c1. The largest absolute Gasteiger partial charge is 0.489 e. The molecule has 100 valence electrons. The minimum absolute atomic E-state index is 0.558. The zero-order valence-electron chi connectivity index (χ0n) is 12.0. The van der Waals surface area contributed by atoms with Gasteiger partial charge in [0.05, 0.1) is 0 Å². The summed E-state index contributed by atoms with van der Waals surface area (Å²) in [5.41, 5.74) is 3.75. The third-order valence-electron chi connectivity index (χ3n) is 2.93. The van der Waals surface area contributed by atoms with Gasteiger partial charge in [0, 0.05) is 6.54 Å². The molecule has 2 nitrogen and oxygen atoms in total. The van der Waals surface area contributed by atoms with Crippen LogP contribution in [-0.4, -0.2) is 19.7 Å². The van der Waals surface area contributed by atoms with Gasteiger partial charge in [0.15, 0.2) is 0 Å². The molecule has 0 radical (unpaired) electrons. The number of hydrogen-bond donors (Lipinski definition) is 1. The molecule has 1 rings (SSSR count). The molecule has 0 amide bonds. The fraction of sp³-hybridized carbons (Fsp3) is 0.500. The third kappa shape index (κ3) is 4.53. The van der Waals surface area contributed by atoms with Gasteiger partial charge in [-0.3, -0.25) is 0 Å². The van der Waals surface area contributed by atoms with Crippen LogP contribution in [0.25, 0.3) is 0 Å². The fourth-order valence-corrected chi connectivity index (χ4v) is 1.92. The number of likely N-dealkylation sites (N-methyl/N-ethyl adjacent to an activating group) is 1. The molecule has 0 aliphatic heterocycles. The number of ether oxygens (including phenoxy) is 1. The first-order valence-corrected chi connectivity index (χ1v) is 6.65. The molecule has 0 aliphatic carbocycles. The van der Waals surface area contributed by atoms with Crippen molar-refractivity contribution in [3.63, 3.8) is 0 Å². The fourth-order valence-electron chi connectivity index (χ4n) is 1.92. The summed E-state index contributed by atoms with van der Waals surface area (Å²) in [6.07, 6.45) is 0. The van der Waals surface area contributed by atoms with Crippen LogP contribution in [0.15, 0.2) is 30.4 Å². The van der Waals surface area contributed by atoms with Crippen molar-refractivity contribution in [3.8, 4) is 5.75 Å². The Balaban J connectivity index is 2.53. The molecule has 0 spiro atoms. The molecule has 0 saturated heterocycles. The van der Waals surface area contributed by atoms with E-state index in [1.807, 2.05) is 6.07 Å². The van der Waals surface area contributed by atoms with Crippen molar-refractivity contribution >= 4 is 0 Å². The summed E-state index contributed by atoms with van der Waals surface area (Å²) < 4.78 is 5.74. The monoisotopic (exact) mass is 247 g/mol. The van der Waals surface area contributed by atoms with E-state index in [1.165, 1.54) is 11.1 Å². The molecule has 0 atom stereocenters. The van der Waals surface area contributed by atoms with E-state index in [0.29, 0.717) is 12.5 Å². The first-order valence-electron chi connectivity index (χ1n) is 6.65. The molecule has 0 heterocycles. The van der Waals surface area contributed by atoms with E-state index in [1.54, 1.807) is 0 Å². The summed E-state index contributed by atoms with van der Waals surface area (Å²) in [5.74, 6) is 1.48. The number of nitrogens with one attached hydrogen (secondary N) is 1. The second kappa shape index (κ2) is 7.22. The first-order chi connectivity index (χ1) is 8.54. The molecular formula is C16H25NO. The lowest BCUT2D eigenvalue weighted by Gasteiger charge is -2.13. The summed E-state index contributed by atoms with van der Waals surface area (Å²) in [6.45, 7) is 15.0. The normalized spacial score (nSPS) is 10.7.